The molecule has 0 fully saturated rings. The van der Waals surface area contributed by atoms with Crippen molar-refractivity contribution in [2.24, 2.45) is 0 Å². The van der Waals surface area contributed by atoms with E-state index in [0.717, 1.165) is 16.7 Å². The number of pyridine rings is 2. The second-order valence-electron chi connectivity index (χ2n) is 3.12. The number of rotatable bonds is 1. The molecule has 0 unspecified atom stereocenters. The fraction of sp³-hybridized carbons (Fsp3) is 0.0909. The van der Waals surface area contributed by atoms with Crippen LogP contribution in [0.2, 0.25) is 0 Å². The van der Waals surface area contributed by atoms with Crippen molar-refractivity contribution in [2.75, 3.05) is 5.73 Å². The van der Waals surface area contributed by atoms with Crippen molar-refractivity contribution in [3.63, 3.8) is 0 Å². The number of anilines is 1. The molecule has 0 saturated heterocycles. The molecule has 14 heavy (non-hydrogen) atoms. The lowest BCUT2D eigenvalue weighted by molar-refractivity contribution is 1.28. The second-order valence-corrected chi connectivity index (χ2v) is 3.12. The van der Waals surface area contributed by atoms with Crippen LogP contribution in [0.1, 0.15) is 5.56 Å². The van der Waals surface area contributed by atoms with Gasteiger partial charge in [0.25, 0.3) is 0 Å². The molecule has 2 N–H and O–H groups in total. The Kier molecular flexibility index (Phi) is 2.14. The number of aryl methyl sites for hydroxylation is 1. The summed E-state index contributed by atoms with van der Waals surface area (Å²) in [6.07, 6.45) is 5.22. The summed E-state index contributed by atoms with van der Waals surface area (Å²) in [7, 11) is 0. The Morgan fingerprint density at radius 1 is 1.07 bits per heavy atom. The molecule has 70 valence electrons. The van der Waals surface area contributed by atoms with Crippen LogP contribution in [-0.4, -0.2) is 9.97 Å². The van der Waals surface area contributed by atoms with Crippen molar-refractivity contribution < 1.29 is 0 Å². The minimum absolute atomic E-state index is 0.566. The van der Waals surface area contributed by atoms with Crippen LogP contribution in [0.5, 0.6) is 0 Å². The first-order valence-electron chi connectivity index (χ1n) is 4.40. The van der Waals surface area contributed by atoms with E-state index in [1.165, 1.54) is 0 Å². The summed E-state index contributed by atoms with van der Waals surface area (Å²) in [5.41, 5.74) is 9.00. The SMILES string of the molecule is Cc1ccnc(N)c1-c1ccncc1. The molecule has 0 bridgehead atoms. The molecule has 2 heterocycles. The zero-order chi connectivity index (χ0) is 9.97. The van der Waals surface area contributed by atoms with Gasteiger partial charge in [0, 0.05) is 24.2 Å². The third-order valence-corrected chi connectivity index (χ3v) is 2.16. The van der Waals surface area contributed by atoms with Crippen LogP contribution in [0.4, 0.5) is 5.82 Å². The van der Waals surface area contributed by atoms with Crippen LogP contribution in [0, 0.1) is 6.92 Å². The van der Waals surface area contributed by atoms with E-state index in [0.29, 0.717) is 5.82 Å². The van der Waals surface area contributed by atoms with Crippen molar-refractivity contribution in [3.8, 4) is 11.1 Å². The van der Waals surface area contributed by atoms with Gasteiger partial charge in [-0.05, 0) is 36.2 Å². The maximum absolute atomic E-state index is 5.82. The summed E-state index contributed by atoms with van der Waals surface area (Å²) < 4.78 is 0. The molecule has 2 rings (SSSR count). The highest BCUT2D eigenvalue weighted by molar-refractivity contribution is 5.76. The molecular weight excluding hydrogens is 174 g/mol. The van der Waals surface area contributed by atoms with Gasteiger partial charge in [0.1, 0.15) is 5.82 Å². The highest BCUT2D eigenvalue weighted by atomic mass is 14.8. The molecule has 3 heteroatoms. The van der Waals surface area contributed by atoms with E-state index in [2.05, 4.69) is 9.97 Å². The lowest BCUT2D eigenvalue weighted by Crippen LogP contribution is -1.95. The minimum Gasteiger partial charge on any atom is -0.383 e. The molecule has 0 aromatic carbocycles. The Morgan fingerprint density at radius 3 is 2.43 bits per heavy atom. The largest absolute Gasteiger partial charge is 0.383 e. The van der Waals surface area contributed by atoms with Gasteiger partial charge in [0.15, 0.2) is 0 Å². The zero-order valence-electron chi connectivity index (χ0n) is 7.94. The number of nitrogens with two attached hydrogens (primary N) is 1. The summed E-state index contributed by atoms with van der Waals surface area (Å²) in [5.74, 6) is 0.566. The number of nitrogens with zero attached hydrogens (tertiary/aromatic N) is 2. The summed E-state index contributed by atoms with van der Waals surface area (Å²) in [4.78, 5) is 8.04. The lowest BCUT2D eigenvalue weighted by Gasteiger charge is -2.07. The van der Waals surface area contributed by atoms with E-state index in [1.54, 1.807) is 18.6 Å². The van der Waals surface area contributed by atoms with Gasteiger partial charge in [0.05, 0.1) is 0 Å². The molecule has 0 amide bonds. The minimum atomic E-state index is 0.566. The summed E-state index contributed by atoms with van der Waals surface area (Å²) in [6, 6.07) is 5.81. The Labute approximate surface area is 82.6 Å². The predicted octanol–water partition coefficient (Wildman–Crippen LogP) is 2.03. The first kappa shape index (κ1) is 8.69. The van der Waals surface area contributed by atoms with Crippen molar-refractivity contribution in [1.29, 1.82) is 0 Å². The first-order valence-corrected chi connectivity index (χ1v) is 4.40. The average molecular weight is 185 g/mol. The molecule has 2 aromatic rings. The number of nitrogen functional groups attached to an aromatic ring is 1. The van der Waals surface area contributed by atoms with Gasteiger partial charge < -0.3 is 5.73 Å². The molecule has 2 aromatic heterocycles. The third-order valence-electron chi connectivity index (χ3n) is 2.16. The molecule has 3 nitrogen and oxygen atoms in total. The second kappa shape index (κ2) is 3.46. The maximum Gasteiger partial charge on any atom is 0.131 e. The lowest BCUT2D eigenvalue weighted by atomic mass is 10.0. The zero-order valence-corrected chi connectivity index (χ0v) is 7.94. The van der Waals surface area contributed by atoms with Crippen LogP contribution in [-0.2, 0) is 0 Å². The molecule has 0 radical (unpaired) electrons. The average Bonchev–Trinajstić information content (AvgIpc) is 2.19. The molecule has 0 aliphatic rings. The van der Waals surface area contributed by atoms with E-state index >= 15 is 0 Å². The van der Waals surface area contributed by atoms with Gasteiger partial charge in [0.2, 0.25) is 0 Å². The standard InChI is InChI=1S/C11H11N3/c1-8-2-7-14-11(12)10(8)9-3-5-13-6-4-9/h2-7H,1H3,(H2,12,14). The quantitative estimate of drug-likeness (QED) is 0.739. The maximum atomic E-state index is 5.82. The molecule has 0 spiro atoms. The van der Waals surface area contributed by atoms with Crippen LogP contribution in [0.25, 0.3) is 11.1 Å². The Hall–Kier alpha value is -1.90. The van der Waals surface area contributed by atoms with E-state index in [-0.39, 0.29) is 0 Å². The van der Waals surface area contributed by atoms with Crippen LogP contribution < -0.4 is 5.73 Å². The van der Waals surface area contributed by atoms with Gasteiger partial charge in [-0.15, -0.1) is 0 Å². The van der Waals surface area contributed by atoms with Crippen molar-refractivity contribution >= 4 is 5.82 Å². The smallest absolute Gasteiger partial charge is 0.131 e. The van der Waals surface area contributed by atoms with Gasteiger partial charge >= 0.3 is 0 Å². The molecule has 0 saturated carbocycles. The topological polar surface area (TPSA) is 51.8 Å². The Balaban J connectivity index is 2.63. The highest BCUT2D eigenvalue weighted by Gasteiger charge is 2.05. The normalized spacial score (nSPS) is 10.1. The number of aromatic nitrogens is 2. The van der Waals surface area contributed by atoms with Gasteiger partial charge in [-0.25, -0.2) is 4.98 Å². The van der Waals surface area contributed by atoms with E-state index in [1.807, 2.05) is 25.1 Å². The third kappa shape index (κ3) is 1.44. The van der Waals surface area contributed by atoms with Crippen molar-refractivity contribution in [1.82, 2.24) is 9.97 Å². The fourth-order valence-electron chi connectivity index (χ4n) is 1.47. The van der Waals surface area contributed by atoms with E-state index in [9.17, 15) is 0 Å². The van der Waals surface area contributed by atoms with Gasteiger partial charge in [-0.1, -0.05) is 0 Å². The van der Waals surface area contributed by atoms with Crippen molar-refractivity contribution in [2.45, 2.75) is 6.92 Å². The van der Waals surface area contributed by atoms with Gasteiger partial charge in [-0.3, -0.25) is 4.98 Å². The molecule has 0 aliphatic carbocycles. The predicted molar refractivity (Wildman–Crippen MR) is 56.6 cm³/mol. The highest BCUT2D eigenvalue weighted by Crippen LogP contribution is 2.26. The Bertz CT molecular complexity index is 417. The molecule has 0 atom stereocenters. The fourth-order valence-corrected chi connectivity index (χ4v) is 1.47. The Morgan fingerprint density at radius 2 is 1.79 bits per heavy atom. The number of hydrogen-bond acceptors (Lipinski definition) is 3. The number of hydrogen-bond donors (Lipinski definition) is 1. The van der Waals surface area contributed by atoms with Crippen LogP contribution in [0.15, 0.2) is 36.8 Å². The van der Waals surface area contributed by atoms with Crippen LogP contribution in [0.3, 0.4) is 0 Å². The van der Waals surface area contributed by atoms with Crippen LogP contribution >= 0.6 is 0 Å². The van der Waals surface area contributed by atoms with E-state index in [4.69, 9.17) is 5.73 Å². The first-order chi connectivity index (χ1) is 6.79. The monoisotopic (exact) mass is 185 g/mol. The van der Waals surface area contributed by atoms with E-state index < -0.39 is 0 Å². The summed E-state index contributed by atoms with van der Waals surface area (Å²) in [5, 5.41) is 0. The summed E-state index contributed by atoms with van der Waals surface area (Å²) in [6.45, 7) is 2.02. The van der Waals surface area contributed by atoms with Crippen molar-refractivity contribution in [3.05, 3.63) is 42.4 Å². The summed E-state index contributed by atoms with van der Waals surface area (Å²) >= 11 is 0. The molecular formula is C11H11N3. The van der Waals surface area contributed by atoms with Gasteiger partial charge in [-0.2, -0.15) is 0 Å². The molecule has 0 aliphatic heterocycles.